The topological polar surface area (TPSA) is 30.5 Å². The number of benzene rings is 1. The van der Waals surface area contributed by atoms with E-state index in [0.717, 1.165) is 13.0 Å². The molecule has 0 fully saturated rings. The van der Waals surface area contributed by atoms with Gasteiger partial charge in [0.15, 0.2) is 6.29 Å². The maximum atomic E-state index is 5.06. The zero-order chi connectivity index (χ0) is 10.9. The summed E-state index contributed by atoms with van der Waals surface area (Å²) in [5, 5.41) is 3.28. The van der Waals surface area contributed by atoms with Crippen molar-refractivity contribution < 1.29 is 7.80 Å². The molecule has 0 aromatic heterocycles. The van der Waals surface area contributed by atoms with Crippen molar-refractivity contribution >= 4 is 23.0 Å². The summed E-state index contributed by atoms with van der Waals surface area (Å²) >= 11 is 1.85. The smallest absolute Gasteiger partial charge is 0.180 e. The molecule has 15 heavy (non-hydrogen) atoms. The van der Waals surface area contributed by atoms with Crippen LogP contribution in [0.3, 0.4) is 0 Å². The summed E-state index contributed by atoms with van der Waals surface area (Å²) in [6.45, 7) is 1.65. The monoisotopic (exact) mass is 321 g/mol. The molecular weight excluding hydrogens is 305 g/mol. The van der Waals surface area contributed by atoms with Crippen LogP contribution in [0.5, 0.6) is 0 Å². The Hall–Kier alpha value is -0.170. The quantitative estimate of drug-likeness (QED) is 0.474. The highest BCUT2D eigenvalue weighted by atomic mass is 127. The molecule has 1 unspecified atom stereocenters. The average Bonchev–Trinajstić information content (AvgIpc) is 2.31. The molecule has 1 N–H and O–H groups in total. The van der Waals surface area contributed by atoms with E-state index in [9.17, 15) is 0 Å². The first-order valence-corrected chi connectivity index (χ1v) is 5.79. The Balaban J connectivity index is 2.12. The first-order chi connectivity index (χ1) is 7.36. The van der Waals surface area contributed by atoms with Gasteiger partial charge in [0, 0.05) is 13.7 Å². The number of methoxy groups -OCH3 is 1. The molecule has 1 atom stereocenters. The van der Waals surface area contributed by atoms with E-state index in [1.54, 1.807) is 7.11 Å². The zero-order valence-corrected chi connectivity index (χ0v) is 10.9. The second-order valence-corrected chi connectivity index (χ2v) is 3.70. The number of hydrogen-bond acceptors (Lipinski definition) is 3. The van der Waals surface area contributed by atoms with Gasteiger partial charge in [0.05, 0.1) is 0 Å². The molecule has 0 aliphatic carbocycles. The normalized spacial score (nSPS) is 12.7. The van der Waals surface area contributed by atoms with E-state index in [0.29, 0.717) is 6.54 Å². The fraction of sp³-hybridized carbons (Fsp3) is 0.455. The van der Waals surface area contributed by atoms with Gasteiger partial charge in [-0.15, -0.1) is 0 Å². The van der Waals surface area contributed by atoms with E-state index in [-0.39, 0.29) is 6.29 Å². The molecule has 0 amide bonds. The predicted octanol–water partition coefficient (Wildman–Crippen LogP) is 2.16. The van der Waals surface area contributed by atoms with Gasteiger partial charge in [-0.05, 0) is 18.5 Å². The molecule has 0 spiro atoms. The summed E-state index contributed by atoms with van der Waals surface area (Å²) < 4.78 is 10.1. The van der Waals surface area contributed by atoms with Crippen LogP contribution in [-0.2, 0) is 14.2 Å². The van der Waals surface area contributed by atoms with Crippen molar-refractivity contribution in [3.05, 3.63) is 35.9 Å². The van der Waals surface area contributed by atoms with Crippen LogP contribution in [0.25, 0.3) is 0 Å². The molecule has 0 radical (unpaired) electrons. The van der Waals surface area contributed by atoms with Gasteiger partial charge in [-0.2, -0.15) is 0 Å². The van der Waals surface area contributed by atoms with Gasteiger partial charge in [-0.25, -0.2) is 0 Å². The minimum atomic E-state index is -0.165. The van der Waals surface area contributed by atoms with Crippen molar-refractivity contribution in [1.82, 2.24) is 5.32 Å². The fourth-order valence-electron chi connectivity index (χ4n) is 1.25. The number of rotatable bonds is 7. The summed E-state index contributed by atoms with van der Waals surface area (Å²) in [5.41, 5.74) is 1.34. The molecule has 0 aliphatic heterocycles. The Kier molecular flexibility index (Phi) is 6.91. The Morgan fingerprint density at radius 3 is 2.67 bits per heavy atom. The lowest BCUT2D eigenvalue weighted by Gasteiger charge is -2.12. The third-order valence-electron chi connectivity index (χ3n) is 2.11. The largest absolute Gasteiger partial charge is 0.354 e. The van der Waals surface area contributed by atoms with Crippen molar-refractivity contribution in [2.75, 3.05) is 20.2 Å². The van der Waals surface area contributed by atoms with E-state index < -0.39 is 0 Å². The van der Waals surface area contributed by atoms with Gasteiger partial charge >= 0.3 is 0 Å². The van der Waals surface area contributed by atoms with Crippen LogP contribution in [0.1, 0.15) is 5.56 Å². The standard InChI is InChI=1S/C11H16INO2/c1-14-11(15-12)9-13-8-7-10-5-3-2-4-6-10/h2-6,11,13H,7-9H2,1H3. The molecule has 84 valence electrons. The van der Waals surface area contributed by atoms with Crippen molar-refractivity contribution in [3.8, 4) is 0 Å². The van der Waals surface area contributed by atoms with E-state index in [1.165, 1.54) is 5.56 Å². The highest BCUT2D eigenvalue weighted by molar-refractivity contribution is 14.1. The second-order valence-electron chi connectivity index (χ2n) is 3.19. The Labute approximate surface area is 105 Å². The Bertz CT molecular complexity index is 252. The average molecular weight is 321 g/mol. The lowest BCUT2D eigenvalue weighted by Crippen LogP contribution is -2.29. The Morgan fingerprint density at radius 1 is 1.33 bits per heavy atom. The van der Waals surface area contributed by atoms with Crippen molar-refractivity contribution in [2.24, 2.45) is 0 Å². The van der Waals surface area contributed by atoms with Crippen LogP contribution in [-0.4, -0.2) is 26.5 Å². The maximum Gasteiger partial charge on any atom is 0.180 e. The summed E-state index contributed by atoms with van der Waals surface area (Å²) in [6.07, 6.45) is 0.861. The molecule has 0 bridgehead atoms. The SMILES string of the molecule is COC(CNCCc1ccccc1)OI. The summed E-state index contributed by atoms with van der Waals surface area (Å²) in [7, 11) is 1.64. The van der Waals surface area contributed by atoms with Crippen molar-refractivity contribution in [1.29, 1.82) is 0 Å². The third-order valence-corrected chi connectivity index (χ3v) is 2.67. The van der Waals surface area contributed by atoms with E-state index in [1.807, 2.05) is 29.1 Å². The van der Waals surface area contributed by atoms with E-state index >= 15 is 0 Å². The second kappa shape index (κ2) is 8.04. The molecule has 0 aliphatic rings. The fourth-order valence-corrected chi connectivity index (χ4v) is 1.64. The zero-order valence-electron chi connectivity index (χ0n) is 8.78. The minimum absolute atomic E-state index is 0.165. The van der Waals surface area contributed by atoms with Gasteiger partial charge in [-0.3, -0.25) is 3.07 Å². The highest BCUT2D eigenvalue weighted by Gasteiger charge is 2.03. The molecular formula is C11H16INO2. The molecule has 1 aromatic carbocycles. The Morgan fingerprint density at radius 2 is 2.07 bits per heavy atom. The minimum Gasteiger partial charge on any atom is -0.354 e. The molecule has 3 nitrogen and oxygen atoms in total. The molecule has 1 aromatic rings. The van der Waals surface area contributed by atoms with Gasteiger partial charge in [0.2, 0.25) is 0 Å². The first-order valence-electron chi connectivity index (χ1n) is 4.91. The van der Waals surface area contributed by atoms with Gasteiger partial charge in [0.1, 0.15) is 23.0 Å². The predicted molar refractivity (Wildman–Crippen MR) is 68.9 cm³/mol. The van der Waals surface area contributed by atoms with Gasteiger partial charge in [-0.1, -0.05) is 30.3 Å². The molecule has 4 heteroatoms. The number of halogens is 1. The van der Waals surface area contributed by atoms with E-state index in [2.05, 4.69) is 29.6 Å². The van der Waals surface area contributed by atoms with Crippen LogP contribution in [0.2, 0.25) is 0 Å². The van der Waals surface area contributed by atoms with Crippen LogP contribution in [0, 0.1) is 0 Å². The van der Waals surface area contributed by atoms with Crippen LogP contribution in [0.15, 0.2) is 30.3 Å². The van der Waals surface area contributed by atoms with Gasteiger partial charge < -0.3 is 10.1 Å². The van der Waals surface area contributed by atoms with Crippen LogP contribution in [0.4, 0.5) is 0 Å². The molecule has 0 saturated carbocycles. The van der Waals surface area contributed by atoms with E-state index in [4.69, 9.17) is 7.80 Å². The molecule has 1 rings (SSSR count). The molecule has 0 heterocycles. The summed E-state index contributed by atoms with van der Waals surface area (Å²) in [4.78, 5) is 0. The highest BCUT2D eigenvalue weighted by Crippen LogP contribution is 1.99. The summed E-state index contributed by atoms with van der Waals surface area (Å²) in [5.74, 6) is 0. The van der Waals surface area contributed by atoms with Crippen molar-refractivity contribution in [2.45, 2.75) is 12.7 Å². The lowest BCUT2D eigenvalue weighted by atomic mass is 10.1. The maximum absolute atomic E-state index is 5.06. The lowest BCUT2D eigenvalue weighted by molar-refractivity contribution is -0.0222. The summed E-state index contributed by atoms with van der Waals surface area (Å²) in [6, 6.07) is 10.4. The third kappa shape index (κ3) is 5.46. The number of ether oxygens (including phenoxy) is 1. The van der Waals surface area contributed by atoms with Crippen molar-refractivity contribution in [3.63, 3.8) is 0 Å². The molecule has 0 saturated heterocycles. The number of nitrogens with one attached hydrogen (secondary N) is 1. The number of hydrogen-bond donors (Lipinski definition) is 1. The first kappa shape index (κ1) is 12.9. The van der Waals surface area contributed by atoms with Crippen LogP contribution >= 0.6 is 23.0 Å². The van der Waals surface area contributed by atoms with Gasteiger partial charge in [0.25, 0.3) is 0 Å². The van der Waals surface area contributed by atoms with Crippen LogP contribution < -0.4 is 5.32 Å².